The molecule has 1 aliphatic heterocycles. The van der Waals surface area contributed by atoms with Crippen LogP contribution < -0.4 is 5.73 Å². The normalized spacial score (nSPS) is 22.9. The summed E-state index contributed by atoms with van der Waals surface area (Å²) in [6.45, 7) is 1.45. The van der Waals surface area contributed by atoms with Gasteiger partial charge in [-0.25, -0.2) is 0 Å². The highest BCUT2D eigenvalue weighted by Crippen LogP contribution is 2.19. The van der Waals surface area contributed by atoms with Gasteiger partial charge in [0.05, 0.1) is 19.3 Å². The van der Waals surface area contributed by atoms with Gasteiger partial charge in [0.1, 0.15) is 0 Å². The number of ether oxygens (including phenoxy) is 1. The van der Waals surface area contributed by atoms with E-state index >= 15 is 0 Å². The lowest BCUT2D eigenvalue weighted by Gasteiger charge is -2.10. The smallest absolute Gasteiger partial charge is 0.0659 e. The monoisotopic (exact) mass is 163 g/mol. The highest BCUT2D eigenvalue weighted by molar-refractivity contribution is 5.30. The van der Waals surface area contributed by atoms with Crippen LogP contribution >= 0.6 is 0 Å². The van der Waals surface area contributed by atoms with E-state index in [0.717, 1.165) is 13.0 Å². The second kappa shape index (κ2) is 3.25. The Labute approximate surface area is 72.3 Å². The van der Waals surface area contributed by atoms with Crippen LogP contribution in [0.1, 0.15) is 17.2 Å². The number of hydrogen-bond acceptors (Lipinski definition) is 2. The molecule has 0 radical (unpaired) electrons. The summed E-state index contributed by atoms with van der Waals surface area (Å²) in [7, 11) is 0. The Hall–Kier alpha value is -0.860. The molecule has 2 N–H and O–H groups in total. The van der Waals surface area contributed by atoms with Crippen molar-refractivity contribution >= 4 is 0 Å². The van der Waals surface area contributed by atoms with Gasteiger partial charge in [-0.1, -0.05) is 24.3 Å². The Balaban J connectivity index is 2.39. The van der Waals surface area contributed by atoms with Crippen LogP contribution in [0, 0.1) is 0 Å². The maximum Gasteiger partial charge on any atom is 0.0659 e. The minimum Gasteiger partial charge on any atom is -0.379 e. The molecule has 0 saturated carbocycles. The molecule has 64 valence electrons. The lowest BCUT2D eigenvalue weighted by Crippen LogP contribution is -2.15. The molecule has 0 aliphatic carbocycles. The van der Waals surface area contributed by atoms with E-state index in [0.29, 0.717) is 6.61 Å². The molecule has 2 nitrogen and oxygen atoms in total. The summed E-state index contributed by atoms with van der Waals surface area (Å²) in [5.41, 5.74) is 8.50. The number of benzene rings is 1. The third-order valence-electron chi connectivity index (χ3n) is 2.27. The van der Waals surface area contributed by atoms with Crippen LogP contribution in [0.4, 0.5) is 0 Å². The van der Waals surface area contributed by atoms with Gasteiger partial charge in [-0.05, 0) is 17.5 Å². The topological polar surface area (TPSA) is 35.2 Å². The number of nitrogens with two attached hydrogens (primary N) is 1. The Kier molecular flexibility index (Phi) is 2.11. The summed E-state index contributed by atoms with van der Waals surface area (Å²) in [5, 5.41) is 0. The van der Waals surface area contributed by atoms with Gasteiger partial charge in [0.2, 0.25) is 0 Å². The van der Waals surface area contributed by atoms with Crippen molar-refractivity contribution in [1.29, 1.82) is 0 Å². The molecule has 12 heavy (non-hydrogen) atoms. The maximum atomic E-state index is 5.92. The van der Waals surface area contributed by atoms with Crippen LogP contribution in [-0.4, -0.2) is 13.2 Å². The fraction of sp³-hybridized carbons (Fsp3) is 0.400. The van der Waals surface area contributed by atoms with E-state index in [1.165, 1.54) is 11.1 Å². The Morgan fingerprint density at radius 1 is 1.33 bits per heavy atom. The average molecular weight is 163 g/mol. The van der Waals surface area contributed by atoms with Crippen molar-refractivity contribution in [1.82, 2.24) is 0 Å². The first-order valence-electron chi connectivity index (χ1n) is 4.29. The van der Waals surface area contributed by atoms with E-state index < -0.39 is 0 Å². The third-order valence-corrected chi connectivity index (χ3v) is 2.27. The predicted molar refractivity (Wildman–Crippen MR) is 47.9 cm³/mol. The van der Waals surface area contributed by atoms with E-state index in [9.17, 15) is 0 Å². The van der Waals surface area contributed by atoms with Gasteiger partial charge in [-0.2, -0.15) is 0 Å². The van der Waals surface area contributed by atoms with Crippen LogP contribution in [0.15, 0.2) is 24.3 Å². The Morgan fingerprint density at radius 2 is 2.17 bits per heavy atom. The van der Waals surface area contributed by atoms with Gasteiger partial charge < -0.3 is 10.5 Å². The second-order valence-corrected chi connectivity index (χ2v) is 3.13. The van der Waals surface area contributed by atoms with Crippen LogP contribution in [0.2, 0.25) is 0 Å². The molecular weight excluding hydrogens is 150 g/mol. The molecule has 0 unspecified atom stereocenters. The van der Waals surface area contributed by atoms with E-state index in [1.807, 2.05) is 6.07 Å². The summed E-state index contributed by atoms with van der Waals surface area (Å²) in [6, 6.07) is 8.36. The zero-order chi connectivity index (χ0) is 8.39. The van der Waals surface area contributed by atoms with E-state index in [4.69, 9.17) is 10.5 Å². The summed E-state index contributed by atoms with van der Waals surface area (Å²) < 4.78 is 5.36. The van der Waals surface area contributed by atoms with Gasteiger partial charge in [-0.15, -0.1) is 0 Å². The van der Waals surface area contributed by atoms with Crippen molar-refractivity contribution in [3.63, 3.8) is 0 Å². The first kappa shape index (κ1) is 7.77. The van der Waals surface area contributed by atoms with Crippen molar-refractivity contribution in [2.24, 2.45) is 5.73 Å². The van der Waals surface area contributed by atoms with Crippen molar-refractivity contribution in [2.75, 3.05) is 13.2 Å². The maximum absolute atomic E-state index is 5.92. The molecule has 1 aromatic carbocycles. The minimum absolute atomic E-state index is 0.0590. The molecule has 1 aliphatic rings. The zero-order valence-corrected chi connectivity index (χ0v) is 6.99. The van der Waals surface area contributed by atoms with Crippen LogP contribution in [-0.2, 0) is 11.2 Å². The van der Waals surface area contributed by atoms with Gasteiger partial charge in [0, 0.05) is 0 Å². The molecule has 0 spiro atoms. The summed E-state index contributed by atoms with van der Waals surface area (Å²) in [5.74, 6) is 0. The molecule has 0 bridgehead atoms. The quantitative estimate of drug-likeness (QED) is 0.625. The van der Waals surface area contributed by atoms with Gasteiger partial charge >= 0.3 is 0 Å². The minimum atomic E-state index is 0.0590. The largest absolute Gasteiger partial charge is 0.379 e. The standard InChI is InChI=1S/C10H13NO/c11-10-7-12-6-5-8-3-1-2-4-9(8)10/h1-4,10H,5-7,11H2/t10-/m0/s1. The fourth-order valence-electron chi connectivity index (χ4n) is 1.61. The Bertz CT molecular complexity index is 272. The van der Waals surface area contributed by atoms with E-state index in [-0.39, 0.29) is 6.04 Å². The number of hydrogen-bond donors (Lipinski definition) is 1. The lowest BCUT2D eigenvalue weighted by molar-refractivity contribution is 0.131. The van der Waals surface area contributed by atoms with Gasteiger partial charge in [0.25, 0.3) is 0 Å². The zero-order valence-electron chi connectivity index (χ0n) is 6.99. The summed E-state index contributed by atoms with van der Waals surface area (Å²) in [6.07, 6.45) is 0.990. The van der Waals surface area contributed by atoms with Crippen molar-refractivity contribution in [3.8, 4) is 0 Å². The molecule has 1 aromatic rings. The SMILES string of the molecule is N[C@H]1COCCc2ccccc21. The summed E-state index contributed by atoms with van der Waals surface area (Å²) in [4.78, 5) is 0. The number of rotatable bonds is 0. The summed E-state index contributed by atoms with van der Waals surface area (Å²) >= 11 is 0. The molecule has 0 aromatic heterocycles. The van der Waals surface area contributed by atoms with Gasteiger partial charge in [0.15, 0.2) is 0 Å². The fourth-order valence-corrected chi connectivity index (χ4v) is 1.61. The van der Waals surface area contributed by atoms with Gasteiger partial charge in [-0.3, -0.25) is 0 Å². The third kappa shape index (κ3) is 1.36. The first-order valence-corrected chi connectivity index (χ1v) is 4.29. The van der Waals surface area contributed by atoms with Crippen LogP contribution in [0.25, 0.3) is 0 Å². The first-order chi connectivity index (χ1) is 5.88. The molecule has 2 rings (SSSR count). The van der Waals surface area contributed by atoms with Crippen molar-refractivity contribution in [2.45, 2.75) is 12.5 Å². The molecule has 2 heteroatoms. The second-order valence-electron chi connectivity index (χ2n) is 3.13. The van der Waals surface area contributed by atoms with E-state index in [2.05, 4.69) is 18.2 Å². The lowest BCUT2D eigenvalue weighted by atomic mass is 10.0. The molecule has 0 fully saturated rings. The van der Waals surface area contributed by atoms with Crippen molar-refractivity contribution in [3.05, 3.63) is 35.4 Å². The molecule has 0 saturated heterocycles. The highest BCUT2D eigenvalue weighted by atomic mass is 16.5. The molecular formula is C10H13NO. The Morgan fingerprint density at radius 3 is 3.08 bits per heavy atom. The molecule has 0 amide bonds. The van der Waals surface area contributed by atoms with Crippen LogP contribution in [0.5, 0.6) is 0 Å². The van der Waals surface area contributed by atoms with Crippen molar-refractivity contribution < 1.29 is 4.74 Å². The number of fused-ring (bicyclic) bond motifs is 1. The molecule has 1 atom stereocenters. The average Bonchev–Trinajstić information content (AvgIpc) is 2.29. The van der Waals surface area contributed by atoms with E-state index in [1.54, 1.807) is 0 Å². The highest BCUT2D eigenvalue weighted by Gasteiger charge is 2.13. The molecule has 1 heterocycles. The van der Waals surface area contributed by atoms with Crippen LogP contribution in [0.3, 0.4) is 0 Å². The predicted octanol–water partition coefficient (Wildman–Crippen LogP) is 1.26.